The van der Waals surface area contributed by atoms with Gasteiger partial charge in [-0.2, -0.15) is 0 Å². The molecule has 1 rings (SSSR count). The van der Waals surface area contributed by atoms with E-state index in [0.29, 0.717) is 6.04 Å². The van der Waals surface area contributed by atoms with Crippen LogP contribution in [-0.2, 0) is 9.47 Å². The number of ether oxygens (including phenoxy) is 2. The molecule has 66 valence electrons. The highest BCUT2D eigenvalue weighted by Gasteiger charge is 2.18. The van der Waals surface area contributed by atoms with Gasteiger partial charge in [0.25, 0.3) is 0 Å². The van der Waals surface area contributed by atoms with E-state index in [0.717, 1.165) is 26.1 Å². The highest BCUT2D eigenvalue weighted by atomic mass is 16.7. The fourth-order valence-corrected chi connectivity index (χ4v) is 1.26. The second-order valence-corrected chi connectivity index (χ2v) is 2.80. The van der Waals surface area contributed by atoms with Crippen molar-refractivity contribution in [3.8, 4) is 0 Å². The lowest BCUT2D eigenvalue weighted by atomic mass is 10.1. The van der Waals surface area contributed by atoms with Gasteiger partial charge in [0.1, 0.15) is 0 Å². The molecule has 1 aliphatic rings. The van der Waals surface area contributed by atoms with Crippen LogP contribution < -0.4 is 5.32 Å². The van der Waals surface area contributed by atoms with Crippen molar-refractivity contribution < 1.29 is 9.47 Å². The zero-order valence-electron chi connectivity index (χ0n) is 7.30. The highest BCUT2D eigenvalue weighted by molar-refractivity contribution is 4.65. The molecule has 0 bridgehead atoms. The maximum Gasteiger partial charge on any atom is 0.159 e. The highest BCUT2D eigenvalue weighted by Crippen LogP contribution is 2.11. The van der Waals surface area contributed by atoms with Crippen molar-refractivity contribution in [2.45, 2.75) is 32.1 Å². The Morgan fingerprint density at radius 3 is 2.55 bits per heavy atom. The summed E-state index contributed by atoms with van der Waals surface area (Å²) in [6.45, 7) is 3.67. The maximum absolute atomic E-state index is 5.32. The van der Waals surface area contributed by atoms with E-state index in [9.17, 15) is 0 Å². The van der Waals surface area contributed by atoms with Crippen LogP contribution in [0, 0.1) is 0 Å². The van der Waals surface area contributed by atoms with Gasteiger partial charge in [0.2, 0.25) is 0 Å². The van der Waals surface area contributed by atoms with Gasteiger partial charge < -0.3 is 14.8 Å². The van der Waals surface area contributed by atoms with Crippen LogP contribution in [0.2, 0.25) is 0 Å². The summed E-state index contributed by atoms with van der Waals surface area (Å²) in [4.78, 5) is 0. The maximum atomic E-state index is 5.32. The third kappa shape index (κ3) is 2.77. The van der Waals surface area contributed by atoms with Crippen molar-refractivity contribution in [3.05, 3.63) is 0 Å². The summed E-state index contributed by atoms with van der Waals surface area (Å²) in [7, 11) is 1.98. The Morgan fingerprint density at radius 2 is 2.09 bits per heavy atom. The van der Waals surface area contributed by atoms with E-state index in [1.165, 1.54) is 0 Å². The SMILES string of the molecule is CCC(CC1OCCO1)NC. The molecule has 0 aliphatic carbocycles. The van der Waals surface area contributed by atoms with E-state index in [1.807, 2.05) is 7.05 Å². The van der Waals surface area contributed by atoms with Gasteiger partial charge >= 0.3 is 0 Å². The molecule has 11 heavy (non-hydrogen) atoms. The standard InChI is InChI=1S/C8H17NO2/c1-3-7(9-2)6-8-10-4-5-11-8/h7-9H,3-6H2,1-2H3. The average Bonchev–Trinajstić information content (AvgIpc) is 2.52. The number of rotatable bonds is 4. The Labute approximate surface area is 68.1 Å². The fourth-order valence-electron chi connectivity index (χ4n) is 1.26. The second kappa shape index (κ2) is 4.70. The minimum Gasteiger partial charge on any atom is -0.350 e. The predicted molar refractivity (Wildman–Crippen MR) is 43.4 cm³/mol. The van der Waals surface area contributed by atoms with E-state index in [2.05, 4.69) is 12.2 Å². The molecule has 1 unspecified atom stereocenters. The molecule has 1 fully saturated rings. The Balaban J connectivity index is 2.16. The van der Waals surface area contributed by atoms with Gasteiger partial charge in [0.05, 0.1) is 13.2 Å². The fraction of sp³-hybridized carbons (Fsp3) is 1.00. The average molecular weight is 159 g/mol. The molecule has 1 atom stereocenters. The molecule has 1 saturated heterocycles. The lowest BCUT2D eigenvalue weighted by Crippen LogP contribution is -2.29. The van der Waals surface area contributed by atoms with Gasteiger partial charge in [-0.05, 0) is 13.5 Å². The third-order valence-electron chi connectivity index (χ3n) is 2.07. The van der Waals surface area contributed by atoms with E-state index in [1.54, 1.807) is 0 Å². The molecular formula is C8H17NO2. The van der Waals surface area contributed by atoms with Gasteiger partial charge in [-0.3, -0.25) is 0 Å². The summed E-state index contributed by atoms with van der Waals surface area (Å²) in [6, 6.07) is 0.526. The minimum absolute atomic E-state index is 0.0346. The molecule has 3 heteroatoms. The molecule has 0 aromatic rings. The Morgan fingerprint density at radius 1 is 1.45 bits per heavy atom. The summed E-state index contributed by atoms with van der Waals surface area (Å²) >= 11 is 0. The summed E-state index contributed by atoms with van der Waals surface area (Å²) in [6.07, 6.45) is 2.12. The summed E-state index contributed by atoms with van der Waals surface area (Å²) in [5, 5.41) is 3.22. The first kappa shape index (κ1) is 8.97. The number of hydrogen-bond acceptors (Lipinski definition) is 3. The third-order valence-corrected chi connectivity index (χ3v) is 2.07. The van der Waals surface area contributed by atoms with E-state index < -0.39 is 0 Å². The molecule has 1 heterocycles. The van der Waals surface area contributed by atoms with Gasteiger partial charge in [0.15, 0.2) is 6.29 Å². The normalized spacial score (nSPS) is 22.4. The van der Waals surface area contributed by atoms with Crippen LogP contribution in [0.25, 0.3) is 0 Å². The molecule has 0 radical (unpaired) electrons. The zero-order valence-corrected chi connectivity index (χ0v) is 7.30. The molecule has 3 nitrogen and oxygen atoms in total. The van der Waals surface area contributed by atoms with Crippen molar-refractivity contribution in [2.75, 3.05) is 20.3 Å². The van der Waals surface area contributed by atoms with Crippen molar-refractivity contribution in [3.63, 3.8) is 0 Å². The van der Waals surface area contributed by atoms with Crippen molar-refractivity contribution in [2.24, 2.45) is 0 Å². The van der Waals surface area contributed by atoms with Gasteiger partial charge in [-0.1, -0.05) is 6.92 Å². The van der Waals surface area contributed by atoms with E-state index in [4.69, 9.17) is 9.47 Å². The molecule has 0 aromatic carbocycles. The van der Waals surface area contributed by atoms with Crippen LogP contribution in [0.4, 0.5) is 0 Å². The number of hydrogen-bond donors (Lipinski definition) is 1. The quantitative estimate of drug-likeness (QED) is 0.656. The summed E-state index contributed by atoms with van der Waals surface area (Å²) in [5.74, 6) is 0. The Bertz CT molecular complexity index is 98.3. The lowest BCUT2D eigenvalue weighted by Gasteiger charge is -2.17. The van der Waals surface area contributed by atoms with Crippen LogP contribution in [0.5, 0.6) is 0 Å². The van der Waals surface area contributed by atoms with E-state index in [-0.39, 0.29) is 6.29 Å². The zero-order chi connectivity index (χ0) is 8.10. The molecule has 0 amide bonds. The Kier molecular flexibility index (Phi) is 3.83. The van der Waals surface area contributed by atoms with Crippen LogP contribution in [0.3, 0.4) is 0 Å². The molecular weight excluding hydrogens is 142 g/mol. The van der Waals surface area contributed by atoms with Crippen LogP contribution >= 0.6 is 0 Å². The topological polar surface area (TPSA) is 30.5 Å². The van der Waals surface area contributed by atoms with Crippen molar-refractivity contribution in [1.29, 1.82) is 0 Å². The van der Waals surface area contributed by atoms with Crippen LogP contribution in [0.1, 0.15) is 19.8 Å². The van der Waals surface area contributed by atoms with E-state index >= 15 is 0 Å². The van der Waals surface area contributed by atoms with Gasteiger partial charge in [-0.15, -0.1) is 0 Å². The monoisotopic (exact) mass is 159 g/mol. The first-order valence-electron chi connectivity index (χ1n) is 4.27. The van der Waals surface area contributed by atoms with Gasteiger partial charge in [-0.25, -0.2) is 0 Å². The largest absolute Gasteiger partial charge is 0.350 e. The molecule has 0 saturated carbocycles. The van der Waals surface area contributed by atoms with Crippen molar-refractivity contribution >= 4 is 0 Å². The molecule has 0 spiro atoms. The summed E-state index contributed by atoms with van der Waals surface area (Å²) in [5.41, 5.74) is 0. The number of nitrogens with one attached hydrogen (secondary N) is 1. The first-order chi connectivity index (χ1) is 5.36. The van der Waals surface area contributed by atoms with Crippen molar-refractivity contribution in [1.82, 2.24) is 5.32 Å². The molecule has 1 N–H and O–H groups in total. The van der Waals surface area contributed by atoms with Gasteiger partial charge in [0, 0.05) is 12.5 Å². The van der Waals surface area contributed by atoms with Crippen LogP contribution in [0.15, 0.2) is 0 Å². The second-order valence-electron chi connectivity index (χ2n) is 2.80. The van der Waals surface area contributed by atoms with Crippen LogP contribution in [-0.4, -0.2) is 32.6 Å². The Hall–Kier alpha value is -0.120. The smallest absolute Gasteiger partial charge is 0.159 e. The summed E-state index contributed by atoms with van der Waals surface area (Å²) < 4.78 is 10.6. The predicted octanol–water partition coefficient (Wildman–Crippen LogP) is 0.747. The molecule has 0 aromatic heterocycles. The first-order valence-corrected chi connectivity index (χ1v) is 4.27. The lowest BCUT2D eigenvalue weighted by molar-refractivity contribution is -0.0524. The molecule has 1 aliphatic heterocycles. The minimum atomic E-state index is 0.0346.